The van der Waals surface area contributed by atoms with E-state index in [9.17, 15) is 19.8 Å². The van der Waals surface area contributed by atoms with Crippen LogP contribution in [0, 0.1) is 0 Å². The summed E-state index contributed by atoms with van der Waals surface area (Å²) in [5.74, 6) is -1.86. The van der Waals surface area contributed by atoms with Crippen molar-refractivity contribution in [1.29, 1.82) is 0 Å². The molecule has 0 amide bonds. The zero-order valence-electron chi connectivity index (χ0n) is 10.9. The lowest BCUT2D eigenvalue weighted by atomic mass is 10.0. The number of aromatic hydroxyl groups is 2. The van der Waals surface area contributed by atoms with Crippen molar-refractivity contribution in [3.05, 3.63) is 65.2 Å². The molecule has 0 spiro atoms. The molecule has 0 atom stereocenters. The van der Waals surface area contributed by atoms with Crippen LogP contribution in [-0.2, 0) is 4.79 Å². The first-order chi connectivity index (χ1) is 9.97. The Bertz CT molecular complexity index is 714. The van der Waals surface area contributed by atoms with Crippen LogP contribution in [0.3, 0.4) is 0 Å². The number of phenolic OH excluding ortho intramolecular Hbond substituents is 2. The molecular weight excluding hydrogens is 272 g/mol. The number of phenols is 2. The molecule has 21 heavy (non-hydrogen) atoms. The molecule has 0 radical (unpaired) electrons. The van der Waals surface area contributed by atoms with Crippen LogP contribution in [0.4, 0.5) is 0 Å². The van der Waals surface area contributed by atoms with Gasteiger partial charge in [-0.1, -0.05) is 24.3 Å². The fourth-order valence-corrected chi connectivity index (χ4v) is 1.78. The molecule has 2 aromatic rings. The lowest BCUT2D eigenvalue weighted by molar-refractivity contribution is -0.131. The highest BCUT2D eigenvalue weighted by atomic mass is 16.4. The van der Waals surface area contributed by atoms with Gasteiger partial charge in [-0.05, 0) is 23.8 Å². The molecule has 0 aliphatic rings. The number of aliphatic carboxylic acids is 1. The molecule has 5 heteroatoms. The predicted molar refractivity (Wildman–Crippen MR) is 76.3 cm³/mol. The molecule has 2 aromatic carbocycles. The molecule has 0 bridgehead atoms. The van der Waals surface area contributed by atoms with Gasteiger partial charge < -0.3 is 15.3 Å². The number of carbonyl (C=O) groups excluding carboxylic acids is 1. The van der Waals surface area contributed by atoms with Crippen molar-refractivity contribution >= 4 is 17.8 Å². The molecule has 0 saturated heterocycles. The molecule has 0 heterocycles. The molecular formula is C16H12O5. The Morgan fingerprint density at radius 3 is 2.19 bits per heavy atom. The largest absolute Gasteiger partial charge is 0.508 e. The third-order valence-corrected chi connectivity index (χ3v) is 2.82. The van der Waals surface area contributed by atoms with Gasteiger partial charge in [0.15, 0.2) is 5.78 Å². The standard InChI is InChI=1S/C16H12O5/c17-12-6-7-13(14(18)9-12)16(21)11-4-1-10(2-5-11)3-8-15(19)20/h1-9,17-18H,(H,19,20). The molecule has 5 nitrogen and oxygen atoms in total. The van der Waals surface area contributed by atoms with Gasteiger partial charge in [0.25, 0.3) is 0 Å². The van der Waals surface area contributed by atoms with E-state index in [0.29, 0.717) is 11.1 Å². The Morgan fingerprint density at radius 2 is 1.62 bits per heavy atom. The molecule has 0 aromatic heterocycles. The molecule has 106 valence electrons. The summed E-state index contributed by atoms with van der Waals surface area (Å²) < 4.78 is 0. The molecule has 0 aliphatic carbocycles. The van der Waals surface area contributed by atoms with Gasteiger partial charge in [-0.25, -0.2) is 4.79 Å². The first-order valence-electron chi connectivity index (χ1n) is 6.05. The number of carboxylic acids is 1. The van der Waals surface area contributed by atoms with Crippen molar-refractivity contribution in [3.8, 4) is 11.5 Å². The highest BCUT2D eigenvalue weighted by molar-refractivity contribution is 6.10. The Labute approximate surface area is 120 Å². The predicted octanol–water partition coefficient (Wildman–Crippen LogP) is 2.43. The van der Waals surface area contributed by atoms with Crippen LogP contribution in [0.1, 0.15) is 21.5 Å². The Kier molecular flexibility index (Phi) is 4.04. The first kappa shape index (κ1) is 14.3. The van der Waals surface area contributed by atoms with Gasteiger partial charge in [0.1, 0.15) is 11.5 Å². The monoisotopic (exact) mass is 284 g/mol. The Morgan fingerprint density at radius 1 is 0.952 bits per heavy atom. The van der Waals surface area contributed by atoms with E-state index >= 15 is 0 Å². The van der Waals surface area contributed by atoms with E-state index < -0.39 is 5.97 Å². The second-order valence-corrected chi connectivity index (χ2v) is 4.32. The SMILES string of the molecule is O=C(O)C=Cc1ccc(C(=O)c2ccc(O)cc2O)cc1. The van der Waals surface area contributed by atoms with E-state index in [-0.39, 0.29) is 22.8 Å². The fraction of sp³-hybridized carbons (Fsp3) is 0. The number of carbonyl (C=O) groups is 2. The number of hydrogen-bond acceptors (Lipinski definition) is 4. The molecule has 0 saturated carbocycles. The normalized spacial score (nSPS) is 10.7. The summed E-state index contributed by atoms with van der Waals surface area (Å²) in [5, 5.41) is 27.4. The highest BCUT2D eigenvalue weighted by Gasteiger charge is 2.13. The third-order valence-electron chi connectivity index (χ3n) is 2.82. The summed E-state index contributed by atoms with van der Waals surface area (Å²) in [6.45, 7) is 0. The summed E-state index contributed by atoms with van der Waals surface area (Å²) in [7, 11) is 0. The van der Waals surface area contributed by atoms with E-state index in [0.717, 1.165) is 12.1 Å². The van der Waals surface area contributed by atoms with Crippen LogP contribution in [0.25, 0.3) is 6.08 Å². The molecule has 0 unspecified atom stereocenters. The van der Waals surface area contributed by atoms with Crippen LogP contribution in [0.5, 0.6) is 11.5 Å². The molecule has 0 aliphatic heterocycles. The fourth-order valence-electron chi connectivity index (χ4n) is 1.78. The van der Waals surface area contributed by atoms with Crippen molar-refractivity contribution in [2.75, 3.05) is 0 Å². The third kappa shape index (κ3) is 3.48. The van der Waals surface area contributed by atoms with Crippen LogP contribution in [0.2, 0.25) is 0 Å². The van der Waals surface area contributed by atoms with E-state index in [1.54, 1.807) is 12.1 Å². The quantitative estimate of drug-likeness (QED) is 0.592. The van der Waals surface area contributed by atoms with Crippen LogP contribution < -0.4 is 0 Å². The van der Waals surface area contributed by atoms with Gasteiger partial charge in [-0.2, -0.15) is 0 Å². The average molecular weight is 284 g/mol. The van der Waals surface area contributed by atoms with E-state index in [1.807, 2.05) is 0 Å². The first-order valence-corrected chi connectivity index (χ1v) is 6.05. The van der Waals surface area contributed by atoms with Crippen LogP contribution in [0.15, 0.2) is 48.5 Å². The maximum Gasteiger partial charge on any atom is 0.328 e. The molecule has 3 N–H and O–H groups in total. The van der Waals surface area contributed by atoms with E-state index in [4.69, 9.17) is 5.11 Å². The minimum absolute atomic E-state index is 0.0848. The van der Waals surface area contributed by atoms with Crippen molar-refractivity contribution in [2.24, 2.45) is 0 Å². The number of benzene rings is 2. The number of hydrogen-bond donors (Lipinski definition) is 3. The minimum Gasteiger partial charge on any atom is -0.508 e. The number of rotatable bonds is 4. The zero-order chi connectivity index (χ0) is 15.4. The van der Waals surface area contributed by atoms with E-state index in [2.05, 4.69) is 0 Å². The molecule has 2 rings (SSSR count). The van der Waals surface area contributed by atoms with Gasteiger partial charge in [-0.15, -0.1) is 0 Å². The maximum absolute atomic E-state index is 12.2. The van der Waals surface area contributed by atoms with Crippen molar-refractivity contribution in [1.82, 2.24) is 0 Å². The van der Waals surface area contributed by atoms with Gasteiger partial charge in [0.2, 0.25) is 0 Å². The van der Waals surface area contributed by atoms with Crippen LogP contribution in [-0.4, -0.2) is 27.1 Å². The van der Waals surface area contributed by atoms with Gasteiger partial charge >= 0.3 is 5.97 Å². The zero-order valence-corrected chi connectivity index (χ0v) is 10.9. The lowest BCUT2D eigenvalue weighted by Gasteiger charge is -2.05. The second kappa shape index (κ2) is 5.92. The minimum atomic E-state index is -1.05. The van der Waals surface area contributed by atoms with Gasteiger partial charge in [0.05, 0.1) is 5.56 Å². The highest BCUT2D eigenvalue weighted by Crippen LogP contribution is 2.25. The van der Waals surface area contributed by atoms with Crippen molar-refractivity contribution in [2.45, 2.75) is 0 Å². The van der Waals surface area contributed by atoms with Crippen molar-refractivity contribution in [3.63, 3.8) is 0 Å². The van der Waals surface area contributed by atoms with Crippen molar-refractivity contribution < 1.29 is 24.9 Å². The van der Waals surface area contributed by atoms with Gasteiger partial charge in [-0.3, -0.25) is 4.79 Å². The number of ketones is 1. The molecule has 0 fully saturated rings. The Balaban J connectivity index is 2.26. The lowest BCUT2D eigenvalue weighted by Crippen LogP contribution is -2.01. The smallest absolute Gasteiger partial charge is 0.328 e. The maximum atomic E-state index is 12.2. The summed E-state index contributed by atoms with van der Waals surface area (Å²) >= 11 is 0. The van der Waals surface area contributed by atoms with Gasteiger partial charge in [0, 0.05) is 17.7 Å². The summed E-state index contributed by atoms with van der Waals surface area (Å²) in [6, 6.07) is 10.0. The topological polar surface area (TPSA) is 94.8 Å². The average Bonchev–Trinajstić information content (AvgIpc) is 2.45. The number of carboxylic acid groups (broad SMARTS) is 1. The van der Waals surface area contributed by atoms with Crippen LogP contribution >= 0.6 is 0 Å². The summed E-state index contributed by atoms with van der Waals surface area (Å²) in [6.07, 6.45) is 2.41. The second-order valence-electron chi connectivity index (χ2n) is 4.32. The Hall–Kier alpha value is -3.08. The summed E-state index contributed by atoms with van der Waals surface area (Å²) in [5.41, 5.74) is 1.08. The van der Waals surface area contributed by atoms with E-state index in [1.165, 1.54) is 30.3 Å². The summed E-state index contributed by atoms with van der Waals surface area (Å²) in [4.78, 5) is 22.6.